The molecule has 0 saturated heterocycles. The van der Waals surface area contributed by atoms with Crippen LogP contribution in [-0.2, 0) is 0 Å². The molecule has 1 atom stereocenters. The lowest BCUT2D eigenvalue weighted by Gasteiger charge is -2.35. The Balaban J connectivity index is 1.96. The zero-order valence-corrected chi connectivity index (χ0v) is 13.4. The number of halogens is 1. The minimum Gasteiger partial charge on any atom is -0.410 e. The van der Waals surface area contributed by atoms with Gasteiger partial charge in [-0.15, -0.1) is 0 Å². The van der Waals surface area contributed by atoms with E-state index < -0.39 is 6.09 Å². The van der Waals surface area contributed by atoms with E-state index in [4.69, 9.17) is 16.3 Å². The Labute approximate surface area is 139 Å². The van der Waals surface area contributed by atoms with Crippen molar-refractivity contribution in [1.82, 2.24) is 4.90 Å². The molecule has 1 heterocycles. The lowest BCUT2D eigenvalue weighted by molar-refractivity contribution is 0.0882. The molecular formula is C18H16ClNO3. The highest BCUT2D eigenvalue weighted by atomic mass is 35.5. The van der Waals surface area contributed by atoms with Crippen LogP contribution >= 0.6 is 11.6 Å². The van der Waals surface area contributed by atoms with E-state index in [1.165, 1.54) is 0 Å². The van der Waals surface area contributed by atoms with Gasteiger partial charge in [0.1, 0.15) is 5.75 Å². The van der Waals surface area contributed by atoms with E-state index in [1.54, 1.807) is 35.2 Å². The first-order valence-corrected chi connectivity index (χ1v) is 7.84. The summed E-state index contributed by atoms with van der Waals surface area (Å²) in [7, 11) is 0. The topological polar surface area (TPSA) is 46.6 Å². The van der Waals surface area contributed by atoms with Gasteiger partial charge in [0.2, 0.25) is 0 Å². The molecule has 5 heteroatoms. The standard InChI is InChI=1S/C18H16ClNO3/c1-2-20-15(11-16(21)12-6-4-3-5-7-12)14-10-13(19)8-9-17(14)23-18(20)22/h3-10,15H,2,11H2,1H3/t15-/m0/s1. The molecule has 0 aliphatic carbocycles. The quantitative estimate of drug-likeness (QED) is 0.776. The van der Waals surface area contributed by atoms with Crippen LogP contribution in [0.4, 0.5) is 4.79 Å². The van der Waals surface area contributed by atoms with Crippen molar-refractivity contribution in [2.45, 2.75) is 19.4 Å². The highest BCUT2D eigenvalue weighted by Gasteiger charge is 2.35. The molecule has 2 aromatic rings. The number of Topliss-reactive ketones (excluding diaryl/α,β-unsaturated/α-hetero) is 1. The second-order valence-electron chi connectivity index (χ2n) is 5.35. The van der Waals surface area contributed by atoms with Crippen molar-refractivity contribution in [3.05, 3.63) is 64.7 Å². The van der Waals surface area contributed by atoms with Gasteiger partial charge in [0.25, 0.3) is 0 Å². The summed E-state index contributed by atoms with van der Waals surface area (Å²) in [6.45, 7) is 2.31. The number of ether oxygens (including phenoxy) is 1. The van der Waals surface area contributed by atoms with Crippen molar-refractivity contribution < 1.29 is 14.3 Å². The zero-order valence-electron chi connectivity index (χ0n) is 12.7. The lowest BCUT2D eigenvalue weighted by atomic mass is 9.95. The fourth-order valence-corrected chi connectivity index (χ4v) is 2.99. The Hall–Kier alpha value is -2.33. The van der Waals surface area contributed by atoms with Crippen LogP contribution in [-0.4, -0.2) is 23.3 Å². The van der Waals surface area contributed by atoms with E-state index in [0.717, 1.165) is 5.56 Å². The largest absolute Gasteiger partial charge is 0.415 e. The molecule has 0 spiro atoms. The second-order valence-corrected chi connectivity index (χ2v) is 5.78. The van der Waals surface area contributed by atoms with Gasteiger partial charge in [-0.25, -0.2) is 4.79 Å². The summed E-state index contributed by atoms with van der Waals surface area (Å²) >= 11 is 6.08. The van der Waals surface area contributed by atoms with Gasteiger partial charge >= 0.3 is 6.09 Å². The molecule has 1 aliphatic rings. The number of nitrogens with zero attached hydrogens (tertiary/aromatic N) is 1. The van der Waals surface area contributed by atoms with E-state index in [0.29, 0.717) is 22.9 Å². The van der Waals surface area contributed by atoms with Crippen molar-refractivity contribution in [2.24, 2.45) is 0 Å². The lowest BCUT2D eigenvalue weighted by Crippen LogP contribution is -2.41. The summed E-state index contributed by atoms with van der Waals surface area (Å²) in [6, 6.07) is 13.8. The van der Waals surface area contributed by atoms with Gasteiger partial charge in [-0.05, 0) is 25.1 Å². The predicted molar refractivity (Wildman–Crippen MR) is 88.0 cm³/mol. The highest BCUT2D eigenvalue weighted by Crippen LogP contribution is 2.38. The summed E-state index contributed by atoms with van der Waals surface area (Å²) in [5, 5.41) is 0.551. The molecule has 0 bridgehead atoms. The van der Waals surface area contributed by atoms with Crippen LogP contribution in [0, 0.1) is 0 Å². The van der Waals surface area contributed by atoms with Crippen molar-refractivity contribution in [3.63, 3.8) is 0 Å². The summed E-state index contributed by atoms with van der Waals surface area (Å²) < 4.78 is 5.32. The SMILES string of the molecule is CCN1C(=O)Oc2ccc(Cl)cc2[C@@H]1CC(=O)c1ccccc1. The molecule has 23 heavy (non-hydrogen) atoms. The van der Waals surface area contributed by atoms with E-state index in [9.17, 15) is 9.59 Å². The minimum atomic E-state index is -0.437. The van der Waals surface area contributed by atoms with Crippen LogP contribution in [0.1, 0.15) is 35.3 Å². The van der Waals surface area contributed by atoms with Crippen LogP contribution in [0.3, 0.4) is 0 Å². The van der Waals surface area contributed by atoms with Crippen LogP contribution in [0.2, 0.25) is 5.02 Å². The number of hydrogen-bond acceptors (Lipinski definition) is 3. The number of carbonyl (C=O) groups excluding carboxylic acids is 2. The molecule has 4 nitrogen and oxygen atoms in total. The smallest absolute Gasteiger partial charge is 0.410 e. The summed E-state index contributed by atoms with van der Waals surface area (Å²) in [5.41, 5.74) is 1.40. The van der Waals surface area contributed by atoms with Crippen LogP contribution in [0.5, 0.6) is 5.75 Å². The van der Waals surface area contributed by atoms with Gasteiger partial charge in [0.15, 0.2) is 5.78 Å². The molecule has 0 saturated carbocycles. The molecule has 0 unspecified atom stereocenters. The summed E-state index contributed by atoms with van der Waals surface area (Å²) in [4.78, 5) is 26.3. The van der Waals surface area contributed by atoms with Gasteiger partial charge in [0.05, 0.1) is 6.04 Å². The first kappa shape index (κ1) is 15.6. The average molecular weight is 330 g/mol. The fourth-order valence-electron chi connectivity index (χ4n) is 2.81. The molecule has 3 rings (SSSR count). The molecule has 1 aliphatic heterocycles. The van der Waals surface area contributed by atoms with Crippen LogP contribution < -0.4 is 4.74 Å². The Morgan fingerprint density at radius 1 is 1.22 bits per heavy atom. The fraction of sp³-hybridized carbons (Fsp3) is 0.222. The van der Waals surface area contributed by atoms with E-state index >= 15 is 0 Å². The van der Waals surface area contributed by atoms with Gasteiger partial charge in [-0.3, -0.25) is 4.79 Å². The average Bonchev–Trinajstić information content (AvgIpc) is 2.56. The Morgan fingerprint density at radius 3 is 2.65 bits per heavy atom. The number of rotatable bonds is 4. The molecule has 0 fully saturated rings. The van der Waals surface area contributed by atoms with Gasteiger partial charge in [0, 0.05) is 29.1 Å². The van der Waals surface area contributed by atoms with Gasteiger partial charge in [-0.2, -0.15) is 0 Å². The first-order chi connectivity index (χ1) is 11.1. The van der Waals surface area contributed by atoms with E-state index in [2.05, 4.69) is 0 Å². The monoisotopic (exact) mass is 329 g/mol. The molecule has 0 aromatic heterocycles. The molecule has 118 valence electrons. The van der Waals surface area contributed by atoms with Crippen molar-refractivity contribution >= 4 is 23.5 Å². The maximum Gasteiger partial charge on any atom is 0.415 e. The van der Waals surface area contributed by atoms with Crippen LogP contribution in [0.15, 0.2) is 48.5 Å². The molecule has 1 amide bonds. The van der Waals surface area contributed by atoms with E-state index in [1.807, 2.05) is 25.1 Å². The molecule has 0 radical (unpaired) electrons. The minimum absolute atomic E-state index is 0.0188. The Morgan fingerprint density at radius 2 is 1.96 bits per heavy atom. The van der Waals surface area contributed by atoms with Gasteiger partial charge in [-0.1, -0.05) is 41.9 Å². The number of benzene rings is 2. The molecule has 0 N–H and O–H groups in total. The first-order valence-electron chi connectivity index (χ1n) is 7.46. The normalized spacial score (nSPS) is 16.7. The third-order valence-corrected chi connectivity index (χ3v) is 4.19. The molecular weight excluding hydrogens is 314 g/mol. The maximum absolute atomic E-state index is 12.6. The van der Waals surface area contributed by atoms with Gasteiger partial charge < -0.3 is 9.64 Å². The third-order valence-electron chi connectivity index (χ3n) is 3.95. The number of fused-ring (bicyclic) bond motifs is 1. The second kappa shape index (κ2) is 6.42. The highest BCUT2D eigenvalue weighted by molar-refractivity contribution is 6.30. The van der Waals surface area contributed by atoms with Crippen molar-refractivity contribution in [2.75, 3.05) is 6.54 Å². The summed E-state index contributed by atoms with van der Waals surface area (Å²) in [6.07, 6.45) is -0.242. The number of carbonyl (C=O) groups is 2. The summed E-state index contributed by atoms with van der Waals surface area (Å²) in [5.74, 6) is 0.449. The van der Waals surface area contributed by atoms with Crippen LogP contribution in [0.25, 0.3) is 0 Å². The Kier molecular flexibility index (Phi) is 4.35. The predicted octanol–water partition coefficient (Wildman–Crippen LogP) is 4.49. The number of ketones is 1. The zero-order chi connectivity index (χ0) is 16.4. The maximum atomic E-state index is 12.6. The molecule has 2 aromatic carbocycles. The third kappa shape index (κ3) is 3.08. The number of amides is 1. The van der Waals surface area contributed by atoms with Crippen molar-refractivity contribution in [1.29, 1.82) is 0 Å². The number of hydrogen-bond donors (Lipinski definition) is 0. The van der Waals surface area contributed by atoms with E-state index in [-0.39, 0.29) is 18.2 Å². The van der Waals surface area contributed by atoms with Crippen molar-refractivity contribution in [3.8, 4) is 5.75 Å². The Bertz CT molecular complexity index is 745.